The Labute approximate surface area is 53.7 Å². The molecule has 0 saturated heterocycles. The largest absolute Gasteiger partial charge is 0.404 e. The smallest absolute Gasteiger partial charge is 0.319 e. The third kappa shape index (κ3) is 7.84. The summed E-state index contributed by atoms with van der Waals surface area (Å²) in [7, 11) is 0. The molecule has 0 saturated carbocycles. The van der Waals surface area contributed by atoms with Crippen molar-refractivity contribution in [2.24, 2.45) is 5.92 Å². The van der Waals surface area contributed by atoms with Gasteiger partial charge in [-0.3, -0.25) is 0 Å². The SMILES string of the molecule is CC(C)COC(O)(O)O. The van der Waals surface area contributed by atoms with Crippen molar-refractivity contribution in [2.75, 3.05) is 6.61 Å². The van der Waals surface area contributed by atoms with Crippen LogP contribution in [0.4, 0.5) is 0 Å². The van der Waals surface area contributed by atoms with E-state index < -0.39 is 6.16 Å². The zero-order valence-electron chi connectivity index (χ0n) is 5.53. The maximum Gasteiger partial charge on any atom is 0.404 e. The van der Waals surface area contributed by atoms with Crippen LogP contribution in [-0.4, -0.2) is 28.1 Å². The Bertz CT molecular complexity index is 73.5. The molecule has 0 bridgehead atoms. The fourth-order valence-electron chi connectivity index (χ4n) is 0.278. The summed E-state index contributed by atoms with van der Waals surface area (Å²) >= 11 is 0. The fourth-order valence-corrected chi connectivity index (χ4v) is 0.278. The quantitative estimate of drug-likeness (QED) is 0.446. The number of hydrogen-bond donors (Lipinski definition) is 3. The highest BCUT2D eigenvalue weighted by Gasteiger charge is 2.18. The minimum Gasteiger partial charge on any atom is -0.319 e. The van der Waals surface area contributed by atoms with Gasteiger partial charge in [0.15, 0.2) is 0 Å². The molecule has 0 spiro atoms. The van der Waals surface area contributed by atoms with Crippen LogP contribution < -0.4 is 0 Å². The van der Waals surface area contributed by atoms with Gasteiger partial charge in [0.25, 0.3) is 0 Å². The minimum absolute atomic E-state index is 0.115. The first kappa shape index (κ1) is 8.84. The Hall–Kier alpha value is -0.160. The third-order valence-corrected chi connectivity index (χ3v) is 0.610. The average Bonchev–Trinajstić information content (AvgIpc) is 1.59. The van der Waals surface area contributed by atoms with E-state index in [9.17, 15) is 0 Å². The first-order valence-corrected chi connectivity index (χ1v) is 2.73. The Morgan fingerprint density at radius 1 is 1.33 bits per heavy atom. The molecule has 0 heterocycles. The summed E-state index contributed by atoms with van der Waals surface area (Å²) in [6.07, 6.45) is -2.97. The van der Waals surface area contributed by atoms with Crippen molar-refractivity contribution in [2.45, 2.75) is 20.0 Å². The second-order valence-corrected chi connectivity index (χ2v) is 2.28. The van der Waals surface area contributed by atoms with E-state index in [4.69, 9.17) is 15.3 Å². The number of rotatable bonds is 3. The van der Waals surface area contributed by atoms with Crippen LogP contribution in [0.2, 0.25) is 0 Å². The van der Waals surface area contributed by atoms with Gasteiger partial charge in [-0.1, -0.05) is 13.8 Å². The van der Waals surface area contributed by atoms with Gasteiger partial charge < -0.3 is 20.1 Å². The van der Waals surface area contributed by atoms with Gasteiger partial charge in [-0.2, -0.15) is 0 Å². The Morgan fingerprint density at radius 2 is 1.78 bits per heavy atom. The Morgan fingerprint density at radius 3 is 1.89 bits per heavy atom. The van der Waals surface area contributed by atoms with E-state index in [0.717, 1.165) is 0 Å². The van der Waals surface area contributed by atoms with Crippen LogP contribution in [0, 0.1) is 5.92 Å². The van der Waals surface area contributed by atoms with Crippen LogP contribution in [-0.2, 0) is 4.74 Å². The van der Waals surface area contributed by atoms with Gasteiger partial charge >= 0.3 is 6.16 Å². The second-order valence-electron chi connectivity index (χ2n) is 2.28. The maximum atomic E-state index is 8.16. The summed E-state index contributed by atoms with van der Waals surface area (Å²) in [6, 6.07) is 0. The first-order valence-electron chi connectivity index (χ1n) is 2.73. The molecule has 0 fully saturated rings. The predicted molar refractivity (Wildman–Crippen MR) is 30.2 cm³/mol. The van der Waals surface area contributed by atoms with E-state index in [2.05, 4.69) is 4.74 Å². The molecule has 9 heavy (non-hydrogen) atoms. The lowest BCUT2D eigenvalue weighted by molar-refractivity contribution is -0.456. The van der Waals surface area contributed by atoms with E-state index in [1.807, 2.05) is 13.8 Å². The lowest BCUT2D eigenvalue weighted by atomic mass is 10.2. The zero-order valence-corrected chi connectivity index (χ0v) is 5.53. The monoisotopic (exact) mass is 136 g/mol. The molecule has 0 rings (SSSR count). The summed E-state index contributed by atoms with van der Waals surface area (Å²) in [5.41, 5.74) is 0. The predicted octanol–water partition coefficient (Wildman–Crippen LogP) is -0.753. The van der Waals surface area contributed by atoms with Crippen LogP contribution in [0.3, 0.4) is 0 Å². The molecule has 4 nitrogen and oxygen atoms in total. The lowest BCUT2D eigenvalue weighted by Crippen LogP contribution is -2.32. The summed E-state index contributed by atoms with van der Waals surface area (Å²) in [5, 5.41) is 24.5. The van der Waals surface area contributed by atoms with E-state index in [1.165, 1.54) is 0 Å². The molecule has 0 aromatic heterocycles. The summed E-state index contributed by atoms with van der Waals surface area (Å²) in [6.45, 7) is 3.76. The van der Waals surface area contributed by atoms with Crippen molar-refractivity contribution in [3.8, 4) is 0 Å². The van der Waals surface area contributed by atoms with Crippen LogP contribution in [0.5, 0.6) is 0 Å². The third-order valence-electron chi connectivity index (χ3n) is 0.610. The van der Waals surface area contributed by atoms with E-state index in [-0.39, 0.29) is 12.5 Å². The standard InChI is InChI=1S/C5H12O4/c1-4(2)3-9-5(6,7)8/h4,6-8H,3H2,1-2H3. The highest BCUT2D eigenvalue weighted by Crippen LogP contribution is 1.99. The molecule has 4 heteroatoms. The fraction of sp³-hybridized carbons (Fsp3) is 1.00. The molecule has 3 N–H and O–H groups in total. The van der Waals surface area contributed by atoms with Crippen molar-refractivity contribution >= 4 is 0 Å². The molecule has 56 valence electrons. The van der Waals surface area contributed by atoms with Crippen LogP contribution >= 0.6 is 0 Å². The molecule has 0 radical (unpaired) electrons. The number of ether oxygens (including phenoxy) is 1. The molecule has 0 aromatic rings. The van der Waals surface area contributed by atoms with Gasteiger partial charge in [-0.25, -0.2) is 0 Å². The van der Waals surface area contributed by atoms with Gasteiger partial charge in [-0.05, 0) is 5.92 Å². The average molecular weight is 136 g/mol. The molecule has 0 unspecified atom stereocenters. The van der Waals surface area contributed by atoms with Crippen LogP contribution in [0.1, 0.15) is 13.8 Å². The molecule has 0 aliphatic carbocycles. The second kappa shape index (κ2) is 3.12. The van der Waals surface area contributed by atoms with Crippen molar-refractivity contribution in [1.82, 2.24) is 0 Å². The topological polar surface area (TPSA) is 69.9 Å². The first-order chi connectivity index (χ1) is 3.92. The summed E-state index contributed by atoms with van der Waals surface area (Å²) < 4.78 is 4.16. The molecule has 0 aliphatic rings. The molecule has 0 aliphatic heterocycles. The van der Waals surface area contributed by atoms with Crippen LogP contribution in [0.15, 0.2) is 0 Å². The van der Waals surface area contributed by atoms with Gasteiger partial charge in [-0.15, -0.1) is 0 Å². The van der Waals surface area contributed by atoms with Crippen molar-refractivity contribution < 1.29 is 20.1 Å². The minimum atomic E-state index is -2.97. The molecular weight excluding hydrogens is 124 g/mol. The number of aliphatic hydroxyl groups is 3. The van der Waals surface area contributed by atoms with Crippen molar-refractivity contribution in [1.29, 1.82) is 0 Å². The lowest BCUT2D eigenvalue weighted by Gasteiger charge is -2.15. The molecule has 0 amide bonds. The maximum absolute atomic E-state index is 8.16. The highest BCUT2D eigenvalue weighted by molar-refractivity contribution is 4.38. The highest BCUT2D eigenvalue weighted by atomic mass is 16.9. The molecule has 0 aromatic carbocycles. The van der Waals surface area contributed by atoms with Crippen molar-refractivity contribution in [3.05, 3.63) is 0 Å². The van der Waals surface area contributed by atoms with Gasteiger partial charge in [0.2, 0.25) is 0 Å². The zero-order chi connectivity index (χ0) is 7.49. The Kier molecular flexibility index (Phi) is 3.07. The Balaban J connectivity index is 3.28. The summed E-state index contributed by atoms with van der Waals surface area (Å²) in [4.78, 5) is 0. The normalized spacial score (nSPS) is 12.7. The van der Waals surface area contributed by atoms with Gasteiger partial charge in [0, 0.05) is 0 Å². The summed E-state index contributed by atoms with van der Waals surface area (Å²) in [5.74, 6) is 0.163. The van der Waals surface area contributed by atoms with E-state index >= 15 is 0 Å². The van der Waals surface area contributed by atoms with Crippen molar-refractivity contribution in [3.63, 3.8) is 0 Å². The molecular formula is C5H12O4. The van der Waals surface area contributed by atoms with Crippen LogP contribution in [0.25, 0.3) is 0 Å². The molecule has 0 atom stereocenters. The van der Waals surface area contributed by atoms with E-state index in [0.29, 0.717) is 0 Å². The van der Waals surface area contributed by atoms with Gasteiger partial charge in [0.05, 0.1) is 6.61 Å². The van der Waals surface area contributed by atoms with Gasteiger partial charge in [0.1, 0.15) is 0 Å². The van der Waals surface area contributed by atoms with E-state index in [1.54, 1.807) is 0 Å². The number of hydrogen-bond acceptors (Lipinski definition) is 4.